The number of carbonyl (C=O) groups is 1. The maximum absolute atomic E-state index is 12.5. The fourth-order valence-electron chi connectivity index (χ4n) is 2.97. The first-order chi connectivity index (χ1) is 13.3. The highest BCUT2D eigenvalue weighted by Crippen LogP contribution is 2.31. The Labute approximate surface area is 164 Å². The molecule has 0 saturated heterocycles. The van der Waals surface area contributed by atoms with Gasteiger partial charge in [-0.3, -0.25) is 9.59 Å². The number of aromatic nitrogens is 2. The van der Waals surface area contributed by atoms with Crippen LogP contribution in [-0.4, -0.2) is 23.0 Å². The molecule has 0 atom stereocenters. The second kappa shape index (κ2) is 7.84. The van der Waals surface area contributed by atoms with Crippen molar-refractivity contribution in [3.63, 3.8) is 0 Å². The molecule has 0 aliphatic rings. The van der Waals surface area contributed by atoms with E-state index in [9.17, 15) is 9.59 Å². The van der Waals surface area contributed by atoms with E-state index in [1.165, 1.54) is 0 Å². The maximum Gasteiger partial charge on any atom is 0.258 e. The van der Waals surface area contributed by atoms with Crippen LogP contribution < -0.4 is 15.6 Å². The zero-order valence-electron chi connectivity index (χ0n) is 16.6. The molecular weight excluding hydrogens is 354 g/mol. The molecule has 3 rings (SSSR count). The summed E-state index contributed by atoms with van der Waals surface area (Å²) in [5.74, 6) is 0.938. The summed E-state index contributed by atoms with van der Waals surface area (Å²) in [5.41, 5.74) is 2.13. The number of rotatable bonds is 5. The van der Waals surface area contributed by atoms with E-state index in [4.69, 9.17) is 4.74 Å². The van der Waals surface area contributed by atoms with Gasteiger partial charge < -0.3 is 15.0 Å². The number of fused-ring (bicyclic) bond motifs is 1. The van der Waals surface area contributed by atoms with Crippen LogP contribution in [0.3, 0.4) is 0 Å². The minimum absolute atomic E-state index is 0.0414. The lowest BCUT2D eigenvalue weighted by molar-refractivity contribution is -0.116. The van der Waals surface area contributed by atoms with Crippen LogP contribution >= 0.6 is 0 Å². The lowest BCUT2D eigenvalue weighted by Crippen LogP contribution is -2.17. The van der Waals surface area contributed by atoms with Gasteiger partial charge in [-0.1, -0.05) is 39.0 Å². The van der Waals surface area contributed by atoms with Crippen LogP contribution in [0.25, 0.3) is 10.9 Å². The van der Waals surface area contributed by atoms with Gasteiger partial charge in [-0.15, -0.1) is 0 Å². The Hall–Kier alpha value is -3.15. The number of aromatic amines is 1. The number of nitrogens with one attached hydrogen (secondary N) is 2. The van der Waals surface area contributed by atoms with Crippen LogP contribution in [0, 0.1) is 0 Å². The number of amides is 1. The minimum atomic E-state index is -0.194. The molecule has 146 valence electrons. The first-order valence-electron chi connectivity index (χ1n) is 9.24. The zero-order valence-corrected chi connectivity index (χ0v) is 16.6. The topological polar surface area (TPSA) is 84.1 Å². The van der Waals surface area contributed by atoms with Crippen molar-refractivity contribution < 1.29 is 9.53 Å². The van der Waals surface area contributed by atoms with Crippen molar-refractivity contribution in [1.29, 1.82) is 0 Å². The molecule has 0 bridgehead atoms. The summed E-state index contributed by atoms with van der Waals surface area (Å²) in [7, 11) is 1.57. The fourth-order valence-corrected chi connectivity index (χ4v) is 2.97. The number of methoxy groups -OCH3 is 1. The Kier molecular flexibility index (Phi) is 5.49. The molecule has 3 aromatic rings. The standard InChI is InChI=1S/C22H25N3O3/c1-22(2,3)14-9-10-18(28-4)17(13-14)24-20(26)12-11-19-23-16-8-6-5-7-15(16)21(27)25-19/h5-10,13H,11-12H2,1-4H3,(H,24,26)(H,23,25,27). The third-order valence-corrected chi connectivity index (χ3v) is 4.59. The molecule has 0 fully saturated rings. The summed E-state index contributed by atoms with van der Waals surface area (Å²) in [4.78, 5) is 31.8. The molecule has 6 heteroatoms. The van der Waals surface area contributed by atoms with E-state index in [1.807, 2.05) is 24.3 Å². The van der Waals surface area contributed by atoms with E-state index in [0.717, 1.165) is 5.56 Å². The highest BCUT2D eigenvalue weighted by molar-refractivity contribution is 5.92. The lowest BCUT2D eigenvalue weighted by Gasteiger charge is -2.21. The van der Waals surface area contributed by atoms with E-state index in [0.29, 0.717) is 34.6 Å². The number of aryl methyl sites for hydroxylation is 1. The molecule has 2 N–H and O–H groups in total. The monoisotopic (exact) mass is 379 g/mol. The molecule has 6 nitrogen and oxygen atoms in total. The number of anilines is 1. The van der Waals surface area contributed by atoms with E-state index < -0.39 is 0 Å². The van der Waals surface area contributed by atoms with E-state index in [-0.39, 0.29) is 23.3 Å². The highest BCUT2D eigenvalue weighted by Gasteiger charge is 2.17. The predicted molar refractivity (Wildman–Crippen MR) is 111 cm³/mol. The molecule has 2 aromatic carbocycles. The predicted octanol–water partition coefficient (Wildman–Crippen LogP) is 3.80. The highest BCUT2D eigenvalue weighted by atomic mass is 16.5. The van der Waals surface area contributed by atoms with Gasteiger partial charge in [-0.2, -0.15) is 0 Å². The van der Waals surface area contributed by atoms with Crippen molar-refractivity contribution in [3.8, 4) is 5.75 Å². The van der Waals surface area contributed by atoms with Gasteiger partial charge in [0.2, 0.25) is 5.91 Å². The Morgan fingerprint density at radius 3 is 2.64 bits per heavy atom. The Balaban J connectivity index is 1.73. The van der Waals surface area contributed by atoms with Gasteiger partial charge >= 0.3 is 0 Å². The molecular formula is C22H25N3O3. The van der Waals surface area contributed by atoms with Gasteiger partial charge in [-0.05, 0) is 35.2 Å². The molecule has 0 unspecified atom stereocenters. The first-order valence-corrected chi connectivity index (χ1v) is 9.24. The Morgan fingerprint density at radius 2 is 1.93 bits per heavy atom. The lowest BCUT2D eigenvalue weighted by atomic mass is 9.87. The van der Waals surface area contributed by atoms with Crippen molar-refractivity contribution in [2.75, 3.05) is 12.4 Å². The molecule has 1 amide bonds. The number of benzene rings is 2. The minimum Gasteiger partial charge on any atom is -0.495 e. The van der Waals surface area contributed by atoms with Crippen LogP contribution in [0.15, 0.2) is 47.3 Å². The maximum atomic E-state index is 12.5. The molecule has 0 spiro atoms. The number of hydrogen-bond acceptors (Lipinski definition) is 4. The molecule has 0 saturated carbocycles. The Bertz CT molecular complexity index is 1060. The fraction of sp³-hybridized carbons (Fsp3) is 0.318. The molecule has 28 heavy (non-hydrogen) atoms. The number of ether oxygens (including phenoxy) is 1. The number of nitrogens with zero attached hydrogens (tertiary/aromatic N) is 1. The van der Waals surface area contributed by atoms with E-state index in [1.54, 1.807) is 25.3 Å². The van der Waals surface area contributed by atoms with Crippen LogP contribution in [0.4, 0.5) is 5.69 Å². The largest absolute Gasteiger partial charge is 0.495 e. The molecule has 1 heterocycles. The summed E-state index contributed by atoms with van der Waals surface area (Å²) >= 11 is 0. The quantitative estimate of drug-likeness (QED) is 0.706. The smallest absolute Gasteiger partial charge is 0.258 e. The first kappa shape index (κ1) is 19.6. The zero-order chi connectivity index (χ0) is 20.3. The molecule has 0 aliphatic carbocycles. The average molecular weight is 379 g/mol. The number of para-hydroxylation sites is 1. The summed E-state index contributed by atoms with van der Waals surface area (Å²) in [5, 5.41) is 3.45. The number of hydrogen-bond donors (Lipinski definition) is 2. The van der Waals surface area contributed by atoms with Crippen molar-refractivity contribution >= 4 is 22.5 Å². The van der Waals surface area contributed by atoms with Crippen molar-refractivity contribution in [2.45, 2.75) is 39.0 Å². The van der Waals surface area contributed by atoms with Crippen molar-refractivity contribution in [1.82, 2.24) is 9.97 Å². The molecule has 0 radical (unpaired) electrons. The molecule has 1 aromatic heterocycles. The SMILES string of the molecule is COc1ccc(C(C)(C)C)cc1NC(=O)CCc1nc2ccccc2c(=O)[nH]1. The van der Waals surface area contributed by atoms with Gasteiger partial charge in [0.25, 0.3) is 5.56 Å². The number of H-pyrrole nitrogens is 1. The van der Waals surface area contributed by atoms with Crippen LogP contribution in [0.1, 0.15) is 38.6 Å². The summed E-state index contributed by atoms with van der Waals surface area (Å²) in [6.07, 6.45) is 0.539. The second-order valence-electron chi connectivity index (χ2n) is 7.74. The van der Waals surface area contributed by atoms with Gasteiger partial charge in [-0.25, -0.2) is 4.98 Å². The summed E-state index contributed by atoms with van der Waals surface area (Å²) in [6, 6.07) is 12.9. The van der Waals surface area contributed by atoms with Gasteiger partial charge in [0, 0.05) is 12.8 Å². The average Bonchev–Trinajstić information content (AvgIpc) is 2.65. The van der Waals surface area contributed by atoms with E-state index >= 15 is 0 Å². The normalized spacial score (nSPS) is 11.4. The van der Waals surface area contributed by atoms with E-state index in [2.05, 4.69) is 36.1 Å². The van der Waals surface area contributed by atoms with Gasteiger partial charge in [0.1, 0.15) is 11.6 Å². The van der Waals surface area contributed by atoms with Crippen molar-refractivity contribution in [3.05, 3.63) is 64.2 Å². The second-order valence-corrected chi connectivity index (χ2v) is 7.74. The third kappa shape index (κ3) is 4.39. The van der Waals surface area contributed by atoms with Gasteiger partial charge in [0.15, 0.2) is 0 Å². The summed E-state index contributed by atoms with van der Waals surface area (Å²) < 4.78 is 5.37. The van der Waals surface area contributed by atoms with Crippen LogP contribution in [0.2, 0.25) is 0 Å². The van der Waals surface area contributed by atoms with Crippen LogP contribution in [-0.2, 0) is 16.6 Å². The molecule has 0 aliphatic heterocycles. The summed E-state index contributed by atoms with van der Waals surface area (Å²) in [6.45, 7) is 6.34. The Morgan fingerprint density at radius 1 is 1.18 bits per heavy atom. The third-order valence-electron chi connectivity index (χ3n) is 4.59. The van der Waals surface area contributed by atoms with Crippen LogP contribution in [0.5, 0.6) is 5.75 Å². The van der Waals surface area contributed by atoms with Gasteiger partial charge in [0.05, 0.1) is 23.7 Å². The number of carbonyl (C=O) groups excluding carboxylic acids is 1. The van der Waals surface area contributed by atoms with Crippen molar-refractivity contribution in [2.24, 2.45) is 0 Å².